The molecule has 0 aliphatic heterocycles. The van der Waals surface area contributed by atoms with Gasteiger partial charge < -0.3 is 4.90 Å². The van der Waals surface area contributed by atoms with Crippen LogP contribution in [0.2, 0.25) is 0 Å². The van der Waals surface area contributed by atoms with Crippen LogP contribution in [0.5, 0.6) is 0 Å². The summed E-state index contributed by atoms with van der Waals surface area (Å²) in [5.41, 5.74) is 1.85. The van der Waals surface area contributed by atoms with E-state index in [2.05, 4.69) is 29.8 Å². The van der Waals surface area contributed by atoms with Gasteiger partial charge in [-0.3, -0.25) is 4.79 Å². The van der Waals surface area contributed by atoms with Gasteiger partial charge in [0.1, 0.15) is 0 Å². The van der Waals surface area contributed by atoms with Gasteiger partial charge >= 0.3 is 0 Å². The summed E-state index contributed by atoms with van der Waals surface area (Å²) in [5.74, 6) is 0.597. The van der Waals surface area contributed by atoms with Gasteiger partial charge in [0.2, 0.25) is 0 Å². The Labute approximate surface area is 112 Å². The third-order valence-electron chi connectivity index (χ3n) is 2.68. The second kappa shape index (κ2) is 6.20. The van der Waals surface area contributed by atoms with Crippen LogP contribution in [0, 0.1) is 12.8 Å². The number of carbonyl (C=O) groups excluding carboxylic acids is 1. The summed E-state index contributed by atoms with van der Waals surface area (Å²) in [6, 6.07) is 5.80. The monoisotopic (exact) mass is 297 g/mol. The van der Waals surface area contributed by atoms with E-state index in [4.69, 9.17) is 0 Å². The minimum Gasteiger partial charge on any atom is -0.339 e. The first kappa shape index (κ1) is 14.2. The zero-order valence-electron chi connectivity index (χ0n) is 11.0. The summed E-state index contributed by atoms with van der Waals surface area (Å²) in [5, 5.41) is 0. The third kappa shape index (κ3) is 3.56. The highest BCUT2D eigenvalue weighted by atomic mass is 79.9. The van der Waals surface area contributed by atoms with Gasteiger partial charge in [0.25, 0.3) is 5.91 Å². The average molecular weight is 298 g/mol. The number of halogens is 1. The molecule has 94 valence electrons. The molecule has 3 heteroatoms. The minimum absolute atomic E-state index is 0.108. The first-order chi connectivity index (χ1) is 7.97. The van der Waals surface area contributed by atoms with E-state index in [9.17, 15) is 4.79 Å². The number of amides is 1. The van der Waals surface area contributed by atoms with Crippen LogP contribution in [0.15, 0.2) is 22.7 Å². The summed E-state index contributed by atoms with van der Waals surface area (Å²) >= 11 is 3.50. The van der Waals surface area contributed by atoms with Crippen molar-refractivity contribution in [3.63, 3.8) is 0 Å². The highest BCUT2D eigenvalue weighted by molar-refractivity contribution is 9.10. The van der Waals surface area contributed by atoms with Crippen molar-refractivity contribution in [1.82, 2.24) is 4.90 Å². The Kier molecular flexibility index (Phi) is 5.19. The number of benzene rings is 1. The molecular weight excluding hydrogens is 278 g/mol. The van der Waals surface area contributed by atoms with Gasteiger partial charge in [-0.05, 0) is 47.3 Å². The molecule has 0 N–H and O–H groups in total. The van der Waals surface area contributed by atoms with Gasteiger partial charge in [0.15, 0.2) is 0 Å². The van der Waals surface area contributed by atoms with Crippen LogP contribution in [0.4, 0.5) is 0 Å². The molecule has 0 heterocycles. The van der Waals surface area contributed by atoms with E-state index in [1.807, 2.05) is 36.9 Å². The molecule has 0 bridgehead atoms. The Bertz CT molecular complexity index is 401. The molecule has 0 spiro atoms. The largest absolute Gasteiger partial charge is 0.339 e. The first-order valence-electron chi connectivity index (χ1n) is 6.01. The third-order valence-corrected chi connectivity index (χ3v) is 3.73. The molecule has 1 amide bonds. The van der Waals surface area contributed by atoms with E-state index >= 15 is 0 Å². The molecule has 2 nitrogen and oxygen atoms in total. The molecule has 0 radical (unpaired) electrons. The van der Waals surface area contributed by atoms with Gasteiger partial charge in [-0.25, -0.2) is 0 Å². The van der Waals surface area contributed by atoms with E-state index in [1.54, 1.807) is 0 Å². The number of aryl methyl sites for hydroxylation is 1. The molecule has 0 fully saturated rings. The van der Waals surface area contributed by atoms with Crippen molar-refractivity contribution in [2.75, 3.05) is 13.1 Å². The number of nitrogens with zero attached hydrogens (tertiary/aromatic N) is 1. The molecule has 1 rings (SSSR count). The van der Waals surface area contributed by atoms with E-state index in [0.717, 1.165) is 28.7 Å². The van der Waals surface area contributed by atoms with Crippen LogP contribution in [0.1, 0.15) is 36.7 Å². The Hall–Kier alpha value is -0.830. The van der Waals surface area contributed by atoms with Crippen LogP contribution < -0.4 is 0 Å². The number of rotatable bonds is 4. The Morgan fingerprint density at radius 2 is 2.06 bits per heavy atom. The normalized spacial score (nSPS) is 10.7. The van der Waals surface area contributed by atoms with Crippen LogP contribution in [-0.4, -0.2) is 23.9 Å². The topological polar surface area (TPSA) is 20.3 Å². The fraction of sp³-hybridized carbons (Fsp3) is 0.500. The molecule has 0 unspecified atom stereocenters. The van der Waals surface area contributed by atoms with E-state index in [-0.39, 0.29) is 5.91 Å². The summed E-state index contributed by atoms with van der Waals surface area (Å²) in [4.78, 5) is 14.3. The SMILES string of the molecule is CCN(CC(C)C)C(=O)c1cccc(C)c1Br. The van der Waals surface area contributed by atoms with Crippen molar-refractivity contribution in [1.29, 1.82) is 0 Å². The predicted octanol–water partition coefficient (Wildman–Crippen LogP) is 3.88. The van der Waals surface area contributed by atoms with Crippen LogP contribution in [0.25, 0.3) is 0 Å². The van der Waals surface area contributed by atoms with Crippen LogP contribution in [-0.2, 0) is 0 Å². The van der Waals surface area contributed by atoms with Crippen molar-refractivity contribution in [2.24, 2.45) is 5.92 Å². The van der Waals surface area contributed by atoms with Gasteiger partial charge in [0, 0.05) is 17.6 Å². The van der Waals surface area contributed by atoms with E-state index < -0.39 is 0 Å². The summed E-state index contributed by atoms with van der Waals surface area (Å²) in [6.07, 6.45) is 0. The number of hydrogen-bond donors (Lipinski definition) is 0. The molecule has 0 saturated heterocycles. The van der Waals surface area contributed by atoms with Crippen molar-refractivity contribution >= 4 is 21.8 Å². The summed E-state index contributed by atoms with van der Waals surface area (Å²) in [6.45, 7) is 9.82. The summed E-state index contributed by atoms with van der Waals surface area (Å²) in [7, 11) is 0. The molecule has 0 saturated carbocycles. The molecule has 0 aliphatic carbocycles. The molecule has 0 atom stereocenters. The van der Waals surface area contributed by atoms with Gasteiger partial charge in [0.05, 0.1) is 5.56 Å². The van der Waals surface area contributed by atoms with Crippen LogP contribution in [0.3, 0.4) is 0 Å². The highest BCUT2D eigenvalue weighted by Crippen LogP contribution is 2.22. The Morgan fingerprint density at radius 1 is 1.41 bits per heavy atom. The standard InChI is InChI=1S/C14H20BrNO/c1-5-16(9-10(2)3)14(17)12-8-6-7-11(4)13(12)15/h6-8,10H,5,9H2,1-4H3. The minimum atomic E-state index is 0.108. The average Bonchev–Trinajstić information content (AvgIpc) is 2.28. The predicted molar refractivity (Wildman–Crippen MR) is 75.3 cm³/mol. The van der Waals surface area contributed by atoms with Gasteiger partial charge in [-0.2, -0.15) is 0 Å². The zero-order valence-corrected chi connectivity index (χ0v) is 12.5. The summed E-state index contributed by atoms with van der Waals surface area (Å²) < 4.78 is 0.909. The van der Waals surface area contributed by atoms with Crippen molar-refractivity contribution < 1.29 is 4.79 Å². The highest BCUT2D eigenvalue weighted by Gasteiger charge is 2.18. The van der Waals surface area contributed by atoms with E-state index in [1.165, 1.54) is 0 Å². The fourth-order valence-corrected chi connectivity index (χ4v) is 2.21. The maximum Gasteiger partial charge on any atom is 0.255 e. The van der Waals surface area contributed by atoms with E-state index in [0.29, 0.717) is 5.92 Å². The first-order valence-corrected chi connectivity index (χ1v) is 6.81. The van der Waals surface area contributed by atoms with Crippen LogP contribution >= 0.6 is 15.9 Å². The quantitative estimate of drug-likeness (QED) is 0.826. The zero-order chi connectivity index (χ0) is 13.0. The lowest BCUT2D eigenvalue weighted by molar-refractivity contribution is 0.0745. The molecule has 0 aliphatic rings. The van der Waals surface area contributed by atoms with Crippen molar-refractivity contribution in [3.05, 3.63) is 33.8 Å². The molecule has 17 heavy (non-hydrogen) atoms. The lowest BCUT2D eigenvalue weighted by atomic mass is 10.1. The Morgan fingerprint density at radius 3 is 2.59 bits per heavy atom. The maximum absolute atomic E-state index is 12.4. The maximum atomic E-state index is 12.4. The van der Waals surface area contributed by atoms with Gasteiger partial charge in [-0.1, -0.05) is 26.0 Å². The lowest BCUT2D eigenvalue weighted by Crippen LogP contribution is -2.34. The van der Waals surface area contributed by atoms with Crippen molar-refractivity contribution in [2.45, 2.75) is 27.7 Å². The smallest absolute Gasteiger partial charge is 0.255 e. The lowest BCUT2D eigenvalue weighted by Gasteiger charge is -2.23. The Balaban J connectivity index is 2.98. The number of carbonyl (C=O) groups is 1. The molecule has 0 aromatic heterocycles. The second-order valence-electron chi connectivity index (χ2n) is 4.67. The van der Waals surface area contributed by atoms with Gasteiger partial charge in [-0.15, -0.1) is 0 Å². The molecular formula is C14H20BrNO. The molecule has 1 aromatic rings. The second-order valence-corrected chi connectivity index (χ2v) is 5.47. The van der Waals surface area contributed by atoms with Crippen molar-refractivity contribution in [3.8, 4) is 0 Å². The number of hydrogen-bond acceptors (Lipinski definition) is 1. The fourth-order valence-electron chi connectivity index (χ4n) is 1.78. The molecule has 1 aromatic carbocycles.